The molecular weight excluding hydrogens is 399 g/mol. The maximum Gasteiger partial charge on any atom is 0.270 e. The first-order valence-electron chi connectivity index (χ1n) is 10.7. The van der Waals surface area contributed by atoms with Gasteiger partial charge in [0.2, 0.25) is 0 Å². The summed E-state index contributed by atoms with van der Waals surface area (Å²) >= 11 is 0. The molecule has 0 aliphatic carbocycles. The van der Waals surface area contributed by atoms with E-state index in [0.29, 0.717) is 61.6 Å². The van der Waals surface area contributed by atoms with Crippen LogP contribution >= 0.6 is 0 Å². The number of carbonyl (C=O) groups is 1. The molecule has 4 rings (SSSR count). The van der Waals surface area contributed by atoms with E-state index >= 15 is 0 Å². The van der Waals surface area contributed by atoms with Crippen LogP contribution in [0, 0.1) is 5.82 Å². The molecule has 0 atom stereocenters. The first-order valence-corrected chi connectivity index (χ1v) is 10.7. The van der Waals surface area contributed by atoms with Gasteiger partial charge in [-0.25, -0.2) is 9.37 Å². The van der Waals surface area contributed by atoms with Crippen molar-refractivity contribution in [2.45, 2.75) is 38.6 Å². The van der Waals surface area contributed by atoms with E-state index in [0.717, 1.165) is 24.0 Å². The van der Waals surface area contributed by atoms with Crippen molar-refractivity contribution in [3.05, 3.63) is 64.8 Å². The highest BCUT2D eigenvalue weighted by molar-refractivity contribution is 5.95. The van der Waals surface area contributed by atoms with Crippen molar-refractivity contribution in [2.75, 3.05) is 26.4 Å². The van der Waals surface area contributed by atoms with Crippen molar-refractivity contribution in [1.82, 2.24) is 10.3 Å². The molecule has 0 saturated carbocycles. The summed E-state index contributed by atoms with van der Waals surface area (Å²) in [6.07, 6.45) is 4.11. The molecule has 0 radical (unpaired) electrons. The summed E-state index contributed by atoms with van der Waals surface area (Å²) in [5.74, 6) is -0.465. The highest BCUT2D eigenvalue weighted by atomic mass is 19.1. The number of nitrogens with one attached hydrogen (secondary N) is 1. The third kappa shape index (κ3) is 5.29. The van der Waals surface area contributed by atoms with Gasteiger partial charge in [-0.15, -0.1) is 0 Å². The number of benzene rings is 1. The van der Waals surface area contributed by atoms with Crippen LogP contribution in [0.25, 0.3) is 11.1 Å². The minimum Gasteiger partial charge on any atom is -0.462 e. The largest absolute Gasteiger partial charge is 0.462 e. The summed E-state index contributed by atoms with van der Waals surface area (Å²) in [4.78, 5) is 17.2. The fourth-order valence-electron chi connectivity index (χ4n) is 3.82. The van der Waals surface area contributed by atoms with Gasteiger partial charge in [0.05, 0.1) is 12.9 Å². The predicted molar refractivity (Wildman–Crippen MR) is 115 cm³/mol. The van der Waals surface area contributed by atoms with Crippen molar-refractivity contribution in [2.24, 2.45) is 0 Å². The van der Waals surface area contributed by atoms with Crippen LogP contribution in [-0.4, -0.2) is 43.4 Å². The summed E-state index contributed by atoms with van der Waals surface area (Å²) in [5, 5.41) is 3.04. The molecule has 1 amide bonds. The van der Waals surface area contributed by atoms with Gasteiger partial charge in [0.25, 0.3) is 5.91 Å². The minimum atomic E-state index is -0.251. The standard InChI is InChI=1S/C24H27FN2O4/c1-2-29-9-5-17-4-3-16(14-20(17)25)13-18-15-22(27-21-8-12-31-23(18)21)24(28)26-19-6-10-30-11-7-19/h3-4,8,12,14-15,19H,2,5-7,9-11,13H2,1H3,(H,26,28). The van der Waals surface area contributed by atoms with Crippen molar-refractivity contribution in [1.29, 1.82) is 0 Å². The fourth-order valence-corrected chi connectivity index (χ4v) is 3.82. The first kappa shape index (κ1) is 21.5. The van der Waals surface area contributed by atoms with Crippen LogP contribution in [0.3, 0.4) is 0 Å². The van der Waals surface area contributed by atoms with E-state index in [2.05, 4.69) is 10.3 Å². The Balaban J connectivity index is 1.53. The molecule has 1 N–H and O–H groups in total. The van der Waals surface area contributed by atoms with Gasteiger partial charge in [0, 0.05) is 43.9 Å². The number of pyridine rings is 1. The number of hydrogen-bond acceptors (Lipinski definition) is 5. The smallest absolute Gasteiger partial charge is 0.270 e. The highest BCUT2D eigenvalue weighted by Gasteiger charge is 2.20. The number of rotatable bonds is 8. The van der Waals surface area contributed by atoms with Crippen LogP contribution < -0.4 is 5.32 Å². The lowest BCUT2D eigenvalue weighted by molar-refractivity contribution is 0.0694. The Kier molecular flexibility index (Phi) is 6.94. The third-order valence-corrected chi connectivity index (χ3v) is 5.51. The zero-order chi connectivity index (χ0) is 21.6. The van der Waals surface area contributed by atoms with Gasteiger partial charge >= 0.3 is 0 Å². The van der Waals surface area contributed by atoms with Crippen molar-refractivity contribution in [3.63, 3.8) is 0 Å². The van der Waals surface area contributed by atoms with Crippen molar-refractivity contribution < 1.29 is 23.1 Å². The molecule has 0 unspecified atom stereocenters. The van der Waals surface area contributed by atoms with Crippen LogP contribution in [-0.2, 0) is 22.3 Å². The van der Waals surface area contributed by atoms with Crippen LogP contribution in [0.15, 0.2) is 41.0 Å². The number of carbonyl (C=O) groups excluding carboxylic acids is 1. The van der Waals surface area contributed by atoms with Crippen molar-refractivity contribution in [3.8, 4) is 0 Å². The van der Waals surface area contributed by atoms with Crippen LogP contribution in [0.1, 0.15) is 46.9 Å². The molecule has 31 heavy (non-hydrogen) atoms. The van der Waals surface area contributed by atoms with Gasteiger partial charge in [-0.05, 0) is 49.4 Å². The molecular formula is C24H27FN2O4. The second-order valence-electron chi connectivity index (χ2n) is 7.71. The summed E-state index contributed by atoms with van der Waals surface area (Å²) < 4.78 is 30.8. The highest BCUT2D eigenvalue weighted by Crippen LogP contribution is 2.24. The molecule has 3 heterocycles. The average molecular weight is 426 g/mol. The third-order valence-electron chi connectivity index (χ3n) is 5.51. The van der Waals surface area contributed by atoms with E-state index in [-0.39, 0.29) is 17.8 Å². The molecule has 1 saturated heterocycles. The molecule has 0 bridgehead atoms. The van der Waals surface area contributed by atoms with E-state index < -0.39 is 0 Å². The lowest BCUT2D eigenvalue weighted by Crippen LogP contribution is -2.39. The zero-order valence-corrected chi connectivity index (χ0v) is 17.7. The molecule has 1 fully saturated rings. The van der Waals surface area contributed by atoms with Crippen LogP contribution in [0.2, 0.25) is 0 Å². The molecule has 3 aromatic rings. The number of furan rings is 1. The Morgan fingerprint density at radius 3 is 2.84 bits per heavy atom. The lowest BCUT2D eigenvalue weighted by Gasteiger charge is -2.23. The van der Waals surface area contributed by atoms with E-state index in [1.165, 1.54) is 6.07 Å². The summed E-state index contributed by atoms with van der Waals surface area (Å²) in [6.45, 7) is 4.33. The monoisotopic (exact) mass is 426 g/mol. The summed E-state index contributed by atoms with van der Waals surface area (Å²) in [7, 11) is 0. The second kappa shape index (κ2) is 10.0. The fraction of sp³-hybridized carbons (Fsp3) is 0.417. The average Bonchev–Trinajstić information content (AvgIpc) is 3.25. The Morgan fingerprint density at radius 1 is 1.23 bits per heavy atom. The molecule has 164 valence electrons. The Bertz CT molecular complexity index is 1040. The SMILES string of the molecule is CCOCCc1ccc(Cc2cc(C(=O)NC3CCOCC3)nc3ccoc23)cc1F. The second-order valence-corrected chi connectivity index (χ2v) is 7.71. The van der Waals surface area contributed by atoms with Gasteiger partial charge < -0.3 is 19.2 Å². The summed E-state index contributed by atoms with van der Waals surface area (Å²) in [6, 6.07) is 8.80. The number of ether oxygens (including phenoxy) is 2. The van der Waals surface area contributed by atoms with Gasteiger partial charge in [-0.3, -0.25) is 4.79 Å². The molecule has 2 aromatic heterocycles. The van der Waals surface area contributed by atoms with E-state index in [1.807, 2.05) is 13.0 Å². The topological polar surface area (TPSA) is 73.6 Å². The number of halogens is 1. The Labute approximate surface area is 180 Å². The molecule has 0 spiro atoms. The molecule has 1 aromatic carbocycles. The summed E-state index contributed by atoms with van der Waals surface area (Å²) in [5.41, 5.74) is 3.80. The molecule has 1 aliphatic rings. The van der Waals surface area contributed by atoms with Crippen molar-refractivity contribution >= 4 is 17.0 Å². The minimum absolute atomic E-state index is 0.0878. The predicted octanol–water partition coefficient (Wildman–Crippen LogP) is 4.05. The Morgan fingerprint density at radius 2 is 2.06 bits per heavy atom. The van der Waals surface area contributed by atoms with Gasteiger partial charge in [0.1, 0.15) is 17.0 Å². The Hall–Kier alpha value is -2.77. The number of amides is 1. The molecule has 6 nitrogen and oxygen atoms in total. The lowest BCUT2D eigenvalue weighted by atomic mass is 10.0. The van der Waals surface area contributed by atoms with Gasteiger partial charge in [-0.1, -0.05) is 12.1 Å². The molecule has 7 heteroatoms. The number of nitrogens with zero attached hydrogens (tertiary/aromatic N) is 1. The van der Waals surface area contributed by atoms with Crippen LogP contribution in [0.4, 0.5) is 4.39 Å². The zero-order valence-electron chi connectivity index (χ0n) is 17.7. The maximum atomic E-state index is 14.5. The van der Waals surface area contributed by atoms with E-state index in [9.17, 15) is 9.18 Å². The van der Waals surface area contributed by atoms with Gasteiger partial charge in [-0.2, -0.15) is 0 Å². The number of fused-ring (bicyclic) bond motifs is 1. The number of aromatic nitrogens is 1. The quantitative estimate of drug-likeness (QED) is 0.550. The van der Waals surface area contributed by atoms with Gasteiger partial charge in [0.15, 0.2) is 5.58 Å². The normalized spacial score (nSPS) is 14.8. The first-order chi connectivity index (χ1) is 15.1. The maximum absolute atomic E-state index is 14.5. The van der Waals surface area contributed by atoms with E-state index in [1.54, 1.807) is 24.5 Å². The number of hydrogen-bond donors (Lipinski definition) is 1. The van der Waals surface area contributed by atoms with Crippen LogP contribution in [0.5, 0.6) is 0 Å². The molecule has 1 aliphatic heterocycles. The van der Waals surface area contributed by atoms with E-state index in [4.69, 9.17) is 13.9 Å².